The van der Waals surface area contributed by atoms with Gasteiger partial charge in [0.15, 0.2) is 0 Å². The Labute approximate surface area is 184 Å². The van der Waals surface area contributed by atoms with E-state index in [-0.39, 0.29) is 11.8 Å². The van der Waals surface area contributed by atoms with Gasteiger partial charge in [-0.3, -0.25) is 9.59 Å². The Morgan fingerprint density at radius 1 is 0.900 bits per heavy atom. The second-order valence-corrected chi connectivity index (χ2v) is 7.57. The average Bonchev–Trinajstić information content (AvgIpc) is 2.76. The first-order valence-corrected chi connectivity index (χ1v) is 10.5. The van der Waals surface area contributed by atoms with Crippen LogP contribution in [0.1, 0.15) is 29.3 Å². The fraction of sp³-hybridized carbons (Fsp3) is 0.167. The van der Waals surface area contributed by atoms with Gasteiger partial charge in [0.2, 0.25) is 5.91 Å². The quantitative estimate of drug-likeness (QED) is 0.449. The van der Waals surface area contributed by atoms with Crippen LogP contribution in [0, 0.1) is 0 Å². The van der Waals surface area contributed by atoms with E-state index < -0.39 is 0 Å². The van der Waals surface area contributed by atoms with Crippen molar-refractivity contribution in [3.63, 3.8) is 0 Å². The second-order valence-electron chi connectivity index (χ2n) is 6.66. The molecule has 2 N–H and O–H groups in total. The molecule has 0 saturated carbocycles. The standard InChI is InChI=1S/C24H23BrN2O3/c1-2-23(28)26-19-9-11-20(12-10-19)27-24(29)21-16-18(25)8-13-22(21)30-15-14-17-6-4-3-5-7-17/h3-13,16H,2,14-15H2,1H3,(H,26,28)(H,27,29). The molecule has 3 aromatic rings. The zero-order chi connectivity index (χ0) is 21.3. The summed E-state index contributed by atoms with van der Waals surface area (Å²) < 4.78 is 6.69. The maximum atomic E-state index is 12.8. The molecule has 0 aliphatic carbocycles. The summed E-state index contributed by atoms with van der Waals surface area (Å²) in [6.45, 7) is 2.26. The van der Waals surface area contributed by atoms with Crippen LogP contribution in [0.3, 0.4) is 0 Å². The monoisotopic (exact) mass is 466 g/mol. The molecule has 3 aromatic carbocycles. The normalized spacial score (nSPS) is 10.3. The SMILES string of the molecule is CCC(=O)Nc1ccc(NC(=O)c2cc(Br)ccc2OCCc2ccccc2)cc1. The van der Waals surface area contributed by atoms with Gasteiger partial charge >= 0.3 is 0 Å². The Morgan fingerprint density at radius 3 is 2.23 bits per heavy atom. The van der Waals surface area contributed by atoms with Crippen molar-refractivity contribution in [1.29, 1.82) is 0 Å². The number of hydrogen-bond donors (Lipinski definition) is 2. The lowest BCUT2D eigenvalue weighted by Crippen LogP contribution is -2.15. The van der Waals surface area contributed by atoms with Gasteiger partial charge in [-0.25, -0.2) is 0 Å². The minimum Gasteiger partial charge on any atom is -0.492 e. The minimum absolute atomic E-state index is 0.0572. The molecular weight excluding hydrogens is 444 g/mol. The molecule has 0 bridgehead atoms. The first-order valence-electron chi connectivity index (χ1n) is 9.72. The summed E-state index contributed by atoms with van der Waals surface area (Å²) in [4.78, 5) is 24.3. The molecule has 5 nitrogen and oxygen atoms in total. The van der Waals surface area contributed by atoms with Gasteiger partial charge < -0.3 is 15.4 Å². The van der Waals surface area contributed by atoms with E-state index in [4.69, 9.17) is 4.74 Å². The third kappa shape index (κ3) is 6.19. The third-order valence-corrected chi connectivity index (χ3v) is 4.92. The Kier molecular flexibility index (Phi) is 7.63. The first kappa shape index (κ1) is 21.6. The van der Waals surface area contributed by atoms with Crippen molar-refractivity contribution in [3.8, 4) is 5.75 Å². The fourth-order valence-electron chi connectivity index (χ4n) is 2.81. The number of halogens is 1. The van der Waals surface area contributed by atoms with E-state index in [1.165, 1.54) is 5.56 Å². The molecule has 0 aliphatic heterocycles. The van der Waals surface area contributed by atoms with Crippen LogP contribution in [0.5, 0.6) is 5.75 Å². The van der Waals surface area contributed by atoms with Gasteiger partial charge in [-0.2, -0.15) is 0 Å². The molecule has 0 unspecified atom stereocenters. The van der Waals surface area contributed by atoms with Crippen LogP contribution < -0.4 is 15.4 Å². The van der Waals surface area contributed by atoms with Gasteiger partial charge in [0, 0.05) is 28.7 Å². The molecule has 0 heterocycles. The van der Waals surface area contributed by atoms with Crippen molar-refractivity contribution in [2.24, 2.45) is 0 Å². The molecule has 0 spiro atoms. The number of rotatable bonds is 8. The van der Waals surface area contributed by atoms with Crippen molar-refractivity contribution in [2.45, 2.75) is 19.8 Å². The summed E-state index contributed by atoms with van der Waals surface area (Å²) >= 11 is 3.42. The largest absolute Gasteiger partial charge is 0.492 e. The molecule has 0 atom stereocenters. The van der Waals surface area contributed by atoms with Gasteiger partial charge in [-0.1, -0.05) is 53.2 Å². The maximum Gasteiger partial charge on any atom is 0.259 e. The highest BCUT2D eigenvalue weighted by Crippen LogP contribution is 2.25. The van der Waals surface area contributed by atoms with Crippen LogP contribution in [-0.2, 0) is 11.2 Å². The van der Waals surface area contributed by atoms with E-state index in [1.807, 2.05) is 36.4 Å². The van der Waals surface area contributed by atoms with E-state index in [9.17, 15) is 9.59 Å². The van der Waals surface area contributed by atoms with Gasteiger partial charge in [0.25, 0.3) is 5.91 Å². The molecule has 0 radical (unpaired) electrons. The van der Waals surface area contributed by atoms with Gasteiger partial charge in [-0.05, 0) is 48.0 Å². The van der Waals surface area contributed by atoms with E-state index in [0.717, 1.165) is 10.9 Å². The summed E-state index contributed by atoms with van der Waals surface area (Å²) in [6.07, 6.45) is 1.16. The van der Waals surface area contributed by atoms with E-state index in [0.29, 0.717) is 35.7 Å². The maximum absolute atomic E-state index is 12.8. The number of nitrogens with one attached hydrogen (secondary N) is 2. The van der Waals surface area contributed by atoms with Crippen LogP contribution in [0.25, 0.3) is 0 Å². The Balaban J connectivity index is 1.66. The second kappa shape index (κ2) is 10.6. The van der Waals surface area contributed by atoms with Gasteiger partial charge in [0.1, 0.15) is 5.75 Å². The summed E-state index contributed by atoms with van der Waals surface area (Å²) in [7, 11) is 0. The molecule has 6 heteroatoms. The van der Waals surface area contributed by atoms with E-state index in [2.05, 4.69) is 26.6 Å². The third-order valence-electron chi connectivity index (χ3n) is 4.43. The lowest BCUT2D eigenvalue weighted by molar-refractivity contribution is -0.115. The van der Waals surface area contributed by atoms with Gasteiger partial charge in [-0.15, -0.1) is 0 Å². The van der Waals surface area contributed by atoms with Crippen LogP contribution in [0.4, 0.5) is 11.4 Å². The Bertz CT molecular complexity index is 1000. The number of ether oxygens (including phenoxy) is 1. The van der Waals surface area contributed by atoms with E-state index >= 15 is 0 Å². The molecule has 0 saturated heterocycles. The molecule has 3 rings (SSSR count). The molecule has 0 fully saturated rings. The number of hydrogen-bond acceptors (Lipinski definition) is 3. The molecule has 0 aliphatic rings. The lowest BCUT2D eigenvalue weighted by Gasteiger charge is -2.13. The van der Waals surface area contributed by atoms with Crippen molar-refractivity contribution >= 4 is 39.1 Å². The summed E-state index contributed by atoms with van der Waals surface area (Å²) in [5.41, 5.74) is 2.94. The number of benzene rings is 3. The summed E-state index contributed by atoms with van der Waals surface area (Å²) in [5.74, 6) is 0.202. The number of carbonyl (C=O) groups excluding carboxylic acids is 2. The first-order chi connectivity index (χ1) is 14.5. The lowest BCUT2D eigenvalue weighted by atomic mass is 10.1. The predicted octanol–water partition coefficient (Wildman–Crippen LogP) is 5.67. The Morgan fingerprint density at radius 2 is 1.57 bits per heavy atom. The van der Waals surface area contributed by atoms with Gasteiger partial charge in [0.05, 0.1) is 12.2 Å². The fourth-order valence-corrected chi connectivity index (χ4v) is 3.17. The molecule has 30 heavy (non-hydrogen) atoms. The summed E-state index contributed by atoms with van der Waals surface area (Å²) in [6, 6.07) is 22.4. The highest BCUT2D eigenvalue weighted by atomic mass is 79.9. The molecular formula is C24H23BrN2O3. The van der Waals surface area contributed by atoms with Crippen molar-refractivity contribution < 1.29 is 14.3 Å². The van der Waals surface area contributed by atoms with Crippen molar-refractivity contribution in [2.75, 3.05) is 17.2 Å². The smallest absolute Gasteiger partial charge is 0.259 e. The zero-order valence-electron chi connectivity index (χ0n) is 16.7. The average molecular weight is 467 g/mol. The number of carbonyl (C=O) groups is 2. The van der Waals surface area contributed by atoms with Crippen LogP contribution >= 0.6 is 15.9 Å². The zero-order valence-corrected chi connectivity index (χ0v) is 18.2. The van der Waals surface area contributed by atoms with Crippen LogP contribution in [-0.4, -0.2) is 18.4 Å². The topological polar surface area (TPSA) is 67.4 Å². The molecule has 2 amide bonds. The van der Waals surface area contributed by atoms with Crippen LogP contribution in [0.15, 0.2) is 77.3 Å². The highest BCUT2D eigenvalue weighted by molar-refractivity contribution is 9.10. The van der Waals surface area contributed by atoms with Crippen molar-refractivity contribution in [1.82, 2.24) is 0 Å². The number of anilines is 2. The van der Waals surface area contributed by atoms with E-state index in [1.54, 1.807) is 43.3 Å². The van der Waals surface area contributed by atoms with Crippen molar-refractivity contribution in [3.05, 3.63) is 88.4 Å². The molecule has 0 aromatic heterocycles. The number of amides is 2. The van der Waals surface area contributed by atoms with Crippen LogP contribution in [0.2, 0.25) is 0 Å². The minimum atomic E-state index is -0.267. The highest BCUT2D eigenvalue weighted by Gasteiger charge is 2.14. The molecule has 154 valence electrons. The Hall–Kier alpha value is -3.12. The summed E-state index contributed by atoms with van der Waals surface area (Å²) in [5, 5.41) is 5.66. The predicted molar refractivity (Wildman–Crippen MR) is 123 cm³/mol.